The third-order valence-electron chi connectivity index (χ3n) is 3.41. The standard InChI is InChI=1S/C11H18N2O3/c14-10(15)9-5-1-2-8-13(9)11(16)12-6-3-4-7-12/h9H,1-8H2,(H,14,15)/t9-/m1/s1. The van der Waals surface area contributed by atoms with Gasteiger partial charge < -0.3 is 14.9 Å². The summed E-state index contributed by atoms with van der Waals surface area (Å²) in [5, 5.41) is 9.09. The monoisotopic (exact) mass is 226 g/mol. The minimum atomic E-state index is -0.868. The second kappa shape index (κ2) is 4.72. The smallest absolute Gasteiger partial charge is 0.326 e. The van der Waals surface area contributed by atoms with Gasteiger partial charge in [-0.05, 0) is 32.1 Å². The van der Waals surface area contributed by atoms with Crippen molar-refractivity contribution in [3.63, 3.8) is 0 Å². The highest BCUT2D eigenvalue weighted by Gasteiger charge is 2.34. The van der Waals surface area contributed by atoms with Crippen LogP contribution >= 0.6 is 0 Å². The molecule has 5 heteroatoms. The number of urea groups is 1. The lowest BCUT2D eigenvalue weighted by molar-refractivity contribution is -0.143. The molecule has 5 nitrogen and oxygen atoms in total. The van der Waals surface area contributed by atoms with Crippen LogP contribution in [0.25, 0.3) is 0 Å². The van der Waals surface area contributed by atoms with Crippen LogP contribution in [0.2, 0.25) is 0 Å². The summed E-state index contributed by atoms with van der Waals surface area (Å²) in [7, 11) is 0. The van der Waals surface area contributed by atoms with E-state index in [1.807, 2.05) is 0 Å². The molecule has 0 saturated carbocycles. The topological polar surface area (TPSA) is 60.9 Å². The molecule has 2 rings (SSSR count). The van der Waals surface area contributed by atoms with Gasteiger partial charge in [0.15, 0.2) is 0 Å². The predicted molar refractivity (Wildman–Crippen MR) is 58.2 cm³/mol. The van der Waals surface area contributed by atoms with Crippen molar-refractivity contribution in [1.82, 2.24) is 9.80 Å². The number of piperidine rings is 1. The zero-order valence-corrected chi connectivity index (χ0v) is 9.39. The molecule has 2 aliphatic rings. The number of carboxylic acids is 1. The van der Waals surface area contributed by atoms with Gasteiger partial charge in [-0.25, -0.2) is 9.59 Å². The van der Waals surface area contributed by atoms with Crippen molar-refractivity contribution in [2.24, 2.45) is 0 Å². The van der Waals surface area contributed by atoms with Crippen LogP contribution in [-0.4, -0.2) is 52.6 Å². The Bertz CT molecular complexity index is 287. The molecule has 2 saturated heterocycles. The highest BCUT2D eigenvalue weighted by atomic mass is 16.4. The second-order valence-electron chi connectivity index (χ2n) is 4.52. The lowest BCUT2D eigenvalue weighted by atomic mass is 10.0. The average Bonchev–Trinajstić information content (AvgIpc) is 2.81. The Balaban J connectivity index is 2.04. The predicted octanol–water partition coefficient (Wildman–Crippen LogP) is 1.14. The van der Waals surface area contributed by atoms with Gasteiger partial charge in [-0.1, -0.05) is 0 Å². The summed E-state index contributed by atoms with van der Waals surface area (Å²) in [6.07, 6.45) is 4.49. The molecule has 0 spiro atoms. The molecule has 2 fully saturated rings. The van der Waals surface area contributed by atoms with Gasteiger partial charge in [0.05, 0.1) is 0 Å². The lowest BCUT2D eigenvalue weighted by Gasteiger charge is -2.35. The van der Waals surface area contributed by atoms with Crippen LogP contribution in [0.1, 0.15) is 32.1 Å². The van der Waals surface area contributed by atoms with Crippen LogP contribution < -0.4 is 0 Å². The molecule has 2 amide bonds. The zero-order chi connectivity index (χ0) is 11.5. The Morgan fingerprint density at radius 3 is 2.25 bits per heavy atom. The molecular weight excluding hydrogens is 208 g/mol. The van der Waals surface area contributed by atoms with Gasteiger partial charge in [-0.2, -0.15) is 0 Å². The Morgan fingerprint density at radius 1 is 1.00 bits per heavy atom. The van der Waals surface area contributed by atoms with E-state index in [2.05, 4.69) is 0 Å². The Hall–Kier alpha value is -1.26. The molecule has 0 aliphatic carbocycles. The number of carboxylic acid groups (broad SMARTS) is 1. The van der Waals surface area contributed by atoms with Crippen LogP contribution in [0, 0.1) is 0 Å². The first-order valence-electron chi connectivity index (χ1n) is 5.98. The summed E-state index contributed by atoms with van der Waals surface area (Å²) in [5.74, 6) is -0.868. The largest absolute Gasteiger partial charge is 0.480 e. The Kier molecular flexibility index (Phi) is 3.31. The van der Waals surface area contributed by atoms with Crippen LogP contribution in [0.15, 0.2) is 0 Å². The van der Waals surface area contributed by atoms with Gasteiger partial charge in [-0.15, -0.1) is 0 Å². The average molecular weight is 226 g/mol. The van der Waals surface area contributed by atoms with Crippen molar-refractivity contribution in [1.29, 1.82) is 0 Å². The first kappa shape index (κ1) is 11.2. The molecule has 1 N–H and O–H groups in total. The number of nitrogens with zero attached hydrogens (tertiary/aromatic N) is 2. The molecule has 2 heterocycles. The number of carbonyl (C=O) groups excluding carboxylic acids is 1. The van der Waals surface area contributed by atoms with Gasteiger partial charge in [0.1, 0.15) is 6.04 Å². The molecule has 0 aromatic carbocycles. The van der Waals surface area contributed by atoms with Gasteiger partial charge in [-0.3, -0.25) is 0 Å². The van der Waals surface area contributed by atoms with Gasteiger partial charge in [0.2, 0.25) is 0 Å². The molecule has 0 unspecified atom stereocenters. The first-order valence-corrected chi connectivity index (χ1v) is 5.98. The lowest BCUT2D eigenvalue weighted by Crippen LogP contribution is -2.52. The number of carbonyl (C=O) groups is 2. The minimum Gasteiger partial charge on any atom is -0.480 e. The normalized spacial score (nSPS) is 25.9. The van der Waals surface area contributed by atoms with Crippen molar-refractivity contribution in [2.45, 2.75) is 38.1 Å². The number of amides is 2. The fourth-order valence-corrected chi connectivity index (χ4v) is 2.51. The number of hydrogen-bond donors (Lipinski definition) is 1. The van der Waals surface area contributed by atoms with E-state index < -0.39 is 12.0 Å². The van der Waals surface area contributed by atoms with Crippen LogP contribution in [0.5, 0.6) is 0 Å². The van der Waals surface area contributed by atoms with Crippen LogP contribution in [0.4, 0.5) is 4.79 Å². The summed E-state index contributed by atoms with van der Waals surface area (Å²) in [4.78, 5) is 26.5. The number of likely N-dealkylation sites (tertiary alicyclic amines) is 2. The third kappa shape index (κ3) is 2.13. The molecule has 0 bridgehead atoms. The Labute approximate surface area is 95.0 Å². The van der Waals surface area contributed by atoms with E-state index in [-0.39, 0.29) is 6.03 Å². The van der Waals surface area contributed by atoms with Crippen molar-refractivity contribution >= 4 is 12.0 Å². The molecule has 0 aromatic heterocycles. The van der Waals surface area contributed by atoms with E-state index in [1.165, 1.54) is 4.90 Å². The minimum absolute atomic E-state index is 0.0791. The first-order chi connectivity index (χ1) is 7.70. The van der Waals surface area contributed by atoms with Crippen LogP contribution in [0.3, 0.4) is 0 Å². The Morgan fingerprint density at radius 2 is 1.62 bits per heavy atom. The number of rotatable bonds is 1. The van der Waals surface area contributed by atoms with Crippen LogP contribution in [-0.2, 0) is 4.79 Å². The highest BCUT2D eigenvalue weighted by molar-refractivity contribution is 5.83. The number of aliphatic carboxylic acids is 1. The molecule has 1 atom stereocenters. The quantitative estimate of drug-likeness (QED) is 0.729. The van der Waals surface area contributed by atoms with Crippen molar-refractivity contribution in [2.75, 3.05) is 19.6 Å². The summed E-state index contributed by atoms with van der Waals surface area (Å²) in [6, 6.07) is -0.688. The van der Waals surface area contributed by atoms with Crippen molar-refractivity contribution in [3.05, 3.63) is 0 Å². The summed E-state index contributed by atoms with van der Waals surface area (Å²) in [5.41, 5.74) is 0. The summed E-state index contributed by atoms with van der Waals surface area (Å²) >= 11 is 0. The van der Waals surface area contributed by atoms with E-state index >= 15 is 0 Å². The van der Waals surface area contributed by atoms with E-state index in [0.29, 0.717) is 13.0 Å². The molecule has 90 valence electrons. The van der Waals surface area contributed by atoms with E-state index in [0.717, 1.165) is 38.8 Å². The summed E-state index contributed by atoms with van der Waals surface area (Å²) < 4.78 is 0. The summed E-state index contributed by atoms with van der Waals surface area (Å²) in [6.45, 7) is 2.15. The SMILES string of the molecule is O=C(O)[C@H]1CCCCN1C(=O)N1CCCC1. The molecule has 0 aromatic rings. The van der Waals surface area contributed by atoms with Gasteiger partial charge in [0, 0.05) is 19.6 Å². The second-order valence-corrected chi connectivity index (χ2v) is 4.52. The zero-order valence-electron chi connectivity index (χ0n) is 9.39. The maximum absolute atomic E-state index is 12.1. The van der Waals surface area contributed by atoms with Crippen molar-refractivity contribution < 1.29 is 14.7 Å². The molecular formula is C11H18N2O3. The van der Waals surface area contributed by atoms with E-state index in [1.54, 1.807) is 4.90 Å². The maximum Gasteiger partial charge on any atom is 0.326 e. The molecule has 16 heavy (non-hydrogen) atoms. The molecule has 0 radical (unpaired) electrons. The van der Waals surface area contributed by atoms with Gasteiger partial charge >= 0.3 is 12.0 Å². The van der Waals surface area contributed by atoms with Gasteiger partial charge in [0.25, 0.3) is 0 Å². The fourth-order valence-electron chi connectivity index (χ4n) is 2.51. The van der Waals surface area contributed by atoms with Crippen molar-refractivity contribution in [3.8, 4) is 0 Å². The maximum atomic E-state index is 12.1. The molecule has 2 aliphatic heterocycles. The van der Waals surface area contributed by atoms with E-state index in [9.17, 15) is 9.59 Å². The van der Waals surface area contributed by atoms with E-state index in [4.69, 9.17) is 5.11 Å². The number of hydrogen-bond acceptors (Lipinski definition) is 2. The third-order valence-corrected chi connectivity index (χ3v) is 3.41. The highest BCUT2D eigenvalue weighted by Crippen LogP contribution is 2.20. The fraction of sp³-hybridized carbons (Fsp3) is 0.818.